The Morgan fingerprint density at radius 2 is 1.45 bits per heavy atom. The number of nitrogens with zero attached hydrogens (tertiary/aromatic N) is 1. The minimum absolute atomic E-state index is 0.257. The predicted molar refractivity (Wildman–Crippen MR) is 89.7 cm³/mol. The Balaban J connectivity index is 2.48. The summed E-state index contributed by atoms with van der Waals surface area (Å²) < 4.78 is 116. The van der Waals surface area contributed by atoms with E-state index in [0.717, 1.165) is 24.4 Å². The molecule has 0 aliphatic carbocycles. The maximum absolute atomic E-state index is 13.4. The molecule has 2 unspecified atom stereocenters. The van der Waals surface area contributed by atoms with E-state index in [2.05, 4.69) is 4.98 Å². The van der Waals surface area contributed by atoms with E-state index >= 15 is 0 Å². The number of nitrogens with one attached hydrogen (secondary N) is 2. The monoisotopic (exact) mass is 459 g/mol. The van der Waals surface area contributed by atoms with Crippen molar-refractivity contribution in [3.8, 4) is 0 Å². The third kappa shape index (κ3) is 6.25. The van der Waals surface area contributed by atoms with Gasteiger partial charge in [-0.2, -0.15) is 39.5 Å². The van der Waals surface area contributed by atoms with Gasteiger partial charge in [0.2, 0.25) is 0 Å². The van der Waals surface area contributed by atoms with Crippen LogP contribution in [0.1, 0.15) is 35.3 Å². The molecular weight excluding hydrogens is 445 g/mol. The molecule has 0 fully saturated rings. The number of hydrogen-bond acceptors (Lipinski definition) is 2. The summed E-state index contributed by atoms with van der Waals surface area (Å²) in [5.74, 6) is 0. The lowest BCUT2D eigenvalue weighted by atomic mass is 9.98. The van der Waals surface area contributed by atoms with E-state index in [1.807, 2.05) is 5.32 Å². The van der Waals surface area contributed by atoms with Gasteiger partial charge in [0.1, 0.15) is 6.04 Å². The molecule has 0 aliphatic heterocycles. The first kappa shape index (κ1) is 24.3. The highest BCUT2D eigenvalue weighted by molar-refractivity contribution is 5.75. The standard InChI is InChI=1S/C18H14F9N3O/c1-9(16(19,20)21)29-15(31)30-13(10-4-6-11(7-5-10)17(22,23)24)14-12(18(25,26)27)3-2-8-28-14/h2-9,13H,1H3,(H2,29,30,31). The number of alkyl halides is 9. The highest BCUT2D eigenvalue weighted by Crippen LogP contribution is 2.36. The Kier molecular flexibility index (Phi) is 6.76. The molecule has 2 atom stereocenters. The van der Waals surface area contributed by atoms with Gasteiger partial charge in [-0.1, -0.05) is 12.1 Å². The second-order valence-electron chi connectivity index (χ2n) is 6.37. The number of carbonyl (C=O) groups is 1. The average molecular weight is 459 g/mol. The summed E-state index contributed by atoms with van der Waals surface area (Å²) in [5, 5.41) is 3.45. The maximum Gasteiger partial charge on any atom is 0.418 e. The highest BCUT2D eigenvalue weighted by Gasteiger charge is 2.39. The third-order valence-electron chi connectivity index (χ3n) is 4.10. The van der Waals surface area contributed by atoms with Gasteiger partial charge < -0.3 is 10.6 Å². The van der Waals surface area contributed by atoms with E-state index in [0.29, 0.717) is 25.1 Å². The predicted octanol–water partition coefficient (Wildman–Crippen LogP) is 5.46. The number of rotatable bonds is 4. The number of benzene rings is 1. The van der Waals surface area contributed by atoms with Crippen LogP contribution < -0.4 is 10.6 Å². The summed E-state index contributed by atoms with van der Waals surface area (Å²) >= 11 is 0. The molecule has 2 rings (SSSR count). The molecule has 1 aromatic carbocycles. The zero-order valence-corrected chi connectivity index (χ0v) is 15.5. The van der Waals surface area contributed by atoms with E-state index < -0.39 is 53.5 Å². The quantitative estimate of drug-likeness (QED) is 0.597. The second-order valence-corrected chi connectivity index (χ2v) is 6.37. The van der Waals surface area contributed by atoms with Crippen molar-refractivity contribution in [2.75, 3.05) is 0 Å². The smallest absolute Gasteiger partial charge is 0.327 e. The van der Waals surface area contributed by atoms with Crippen molar-refractivity contribution in [2.24, 2.45) is 0 Å². The van der Waals surface area contributed by atoms with Crippen molar-refractivity contribution in [1.82, 2.24) is 15.6 Å². The van der Waals surface area contributed by atoms with Gasteiger partial charge in [-0.15, -0.1) is 0 Å². The lowest BCUT2D eigenvalue weighted by molar-refractivity contribution is -0.148. The molecule has 2 N–H and O–H groups in total. The molecule has 0 spiro atoms. The molecule has 2 aromatic rings. The zero-order valence-electron chi connectivity index (χ0n) is 15.5. The third-order valence-corrected chi connectivity index (χ3v) is 4.10. The van der Waals surface area contributed by atoms with Gasteiger partial charge in [0.05, 0.1) is 22.9 Å². The molecule has 0 saturated carbocycles. The number of hydrogen-bond donors (Lipinski definition) is 2. The molecule has 31 heavy (non-hydrogen) atoms. The van der Waals surface area contributed by atoms with Gasteiger partial charge in [-0.25, -0.2) is 4.79 Å². The molecular formula is C18H14F9N3O. The Morgan fingerprint density at radius 1 is 0.871 bits per heavy atom. The van der Waals surface area contributed by atoms with Crippen molar-refractivity contribution < 1.29 is 44.3 Å². The van der Waals surface area contributed by atoms with Crippen LogP contribution in [0.4, 0.5) is 44.3 Å². The Labute approximate surface area is 169 Å². The van der Waals surface area contributed by atoms with Crippen LogP contribution in [0.25, 0.3) is 0 Å². The van der Waals surface area contributed by atoms with Gasteiger partial charge in [-0.3, -0.25) is 4.98 Å². The molecule has 0 saturated heterocycles. The summed E-state index contributed by atoms with van der Waals surface area (Å²) in [6, 6.07) is -1.32. The van der Waals surface area contributed by atoms with E-state index in [1.54, 1.807) is 0 Å². The summed E-state index contributed by atoms with van der Waals surface area (Å²) in [4.78, 5) is 15.6. The first-order valence-corrected chi connectivity index (χ1v) is 8.43. The zero-order chi connectivity index (χ0) is 23.6. The number of aromatic nitrogens is 1. The summed E-state index contributed by atoms with van der Waals surface area (Å²) in [6.07, 6.45) is -13.6. The minimum Gasteiger partial charge on any atom is -0.327 e. The molecule has 0 radical (unpaired) electrons. The minimum atomic E-state index is -4.95. The normalized spacial score (nSPS) is 14.6. The van der Waals surface area contributed by atoms with Crippen LogP contribution in [0.5, 0.6) is 0 Å². The first-order chi connectivity index (χ1) is 14.1. The van der Waals surface area contributed by atoms with Crippen LogP contribution in [0.3, 0.4) is 0 Å². The van der Waals surface area contributed by atoms with Crippen LogP contribution in [0.15, 0.2) is 42.6 Å². The summed E-state index contributed by atoms with van der Waals surface area (Å²) in [5.41, 5.74) is -3.48. The fourth-order valence-electron chi connectivity index (χ4n) is 2.51. The number of urea groups is 1. The molecule has 1 aromatic heterocycles. The number of halogens is 9. The molecule has 2 amide bonds. The summed E-state index contributed by atoms with van der Waals surface area (Å²) in [6.45, 7) is 0.606. The van der Waals surface area contributed by atoms with Crippen molar-refractivity contribution in [3.05, 3.63) is 65.0 Å². The average Bonchev–Trinajstić information content (AvgIpc) is 2.64. The van der Waals surface area contributed by atoms with Crippen LogP contribution in [-0.4, -0.2) is 23.2 Å². The van der Waals surface area contributed by atoms with E-state index in [-0.39, 0.29) is 5.56 Å². The van der Waals surface area contributed by atoms with Crippen LogP contribution in [0.2, 0.25) is 0 Å². The number of pyridine rings is 1. The largest absolute Gasteiger partial charge is 0.418 e. The first-order valence-electron chi connectivity index (χ1n) is 8.43. The Bertz CT molecular complexity index is 905. The molecule has 1 heterocycles. The highest BCUT2D eigenvalue weighted by atomic mass is 19.4. The Morgan fingerprint density at radius 3 is 1.94 bits per heavy atom. The van der Waals surface area contributed by atoms with Crippen molar-refractivity contribution in [2.45, 2.75) is 37.5 Å². The Hall–Kier alpha value is -2.99. The second kappa shape index (κ2) is 8.63. The van der Waals surface area contributed by atoms with E-state index in [9.17, 15) is 44.3 Å². The van der Waals surface area contributed by atoms with E-state index in [1.165, 1.54) is 5.32 Å². The number of amides is 2. The maximum atomic E-state index is 13.4. The molecule has 0 aliphatic rings. The van der Waals surface area contributed by atoms with Gasteiger partial charge >= 0.3 is 24.6 Å². The van der Waals surface area contributed by atoms with Crippen molar-refractivity contribution in [3.63, 3.8) is 0 Å². The van der Waals surface area contributed by atoms with Crippen molar-refractivity contribution >= 4 is 6.03 Å². The van der Waals surface area contributed by atoms with Crippen LogP contribution >= 0.6 is 0 Å². The SMILES string of the molecule is CC(NC(=O)NC(c1ccc(C(F)(F)F)cc1)c1ncccc1C(F)(F)F)C(F)(F)F. The topological polar surface area (TPSA) is 54.0 Å². The van der Waals surface area contributed by atoms with Crippen LogP contribution in [0, 0.1) is 0 Å². The van der Waals surface area contributed by atoms with Gasteiger partial charge in [0.15, 0.2) is 0 Å². The van der Waals surface area contributed by atoms with Gasteiger partial charge in [0, 0.05) is 6.20 Å². The molecule has 13 heteroatoms. The number of carbonyl (C=O) groups excluding carboxylic acids is 1. The van der Waals surface area contributed by atoms with E-state index in [4.69, 9.17) is 0 Å². The van der Waals surface area contributed by atoms with Gasteiger partial charge in [0.25, 0.3) is 0 Å². The summed E-state index contributed by atoms with van der Waals surface area (Å²) in [7, 11) is 0. The lowest BCUT2D eigenvalue weighted by Crippen LogP contribution is -2.48. The van der Waals surface area contributed by atoms with Gasteiger partial charge in [-0.05, 0) is 36.8 Å². The molecule has 170 valence electrons. The molecule has 0 bridgehead atoms. The fourth-order valence-corrected chi connectivity index (χ4v) is 2.51. The lowest BCUT2D eigenvalue weighted by Gasteiger charge is -2.24. The van der Waals surface area contributed by atoms with Crippen LogP contribution in [-0.2, 0) is 12.4 Å². The molecule has 4 nitrogen and oxygen atoms in total. The fraction of sp³-hybridized carbons (Fsp3) is 0.333. The van der Waals surface area contributed by atoms with Crippen molar-refractivity contribution in [1.29, 1.82) is 0 Å².